The predicted octanol–water partition coefficient (Wildman–Crippen LogP) is 4.23. The average Bonchev–Trinajstić information content (AvgIpc) is 2.60. The van der Waals surface area contributed by atoms with Crippen LogP contribution in [0.25, 0.3) is 0 Å². The minimum Gasteiger partial charge on any atom is -0.481 e. The van der Waals surface area contributed by atoms with E-state index in [1.165, 1.54) is 18.4 Å². The van der Waals surface area contributed by atoms with Gasteiger partial charge in [0.25, 0.3) is 5.17 Å². The molecular formula is C18H22N2O2S. The lowest BCUT2D eigenvalue weighted by atomic mass is 10.1. The quantitative estimate of drug-likeness (QED) is 0.740. The molecule has 5 heteroatoms. The lowest BCUT2D eigenvalue weighted by Gasteiger charge is -2.19. The van der Waals surface area contributed by atoms with E-state index in [1.807, 2.05) is 31.3 Å². The van der Waals surface area contributed by atoms with Crippen LogP contribution in [0.2, 0.25) is 0 Å². The summed E-state index contributed by atoms with van der Waals surface area (Å²) >= 11 is 5.35. The molecule has 2 aromatic rings. The van der Waals surface area contributed by atoms with Gasteiger partial charge in [-0.05, 0) is 48.8 Å². The molecule has 0 saturated carbocycles. The number of hydrogen-bond acceptors (Lipinski definition) is 4. The van der Waals surface area contributed by atoms with Crippen molar-refractivity contribution in [2.45, 2.75) is 26.2 Å². The topological polar surface area (TPSA) is 34.6 Å². The molecule has 0 radical (unpaired) electrons. The van der Waals surface area contributed by atoms with E-state index in [1.54, 1.807) is 18.1 Å². The van der Waals surface area contributed by atoms with Crippen LogP contribution in [-0.2, 0) is 6.42 Å². The Balaban J connectivity index is 2.00. The SMILES string of the molecule is CCCCc1ccc(OC(=S)N(C)c2cccc(OC)n2)cc1. The first-order valence-electron chi connectivity index (χ1n) is 7.69. The summed E-state index contributed by atoms with van der Waals surface area (Å²) in [6.07, 6.45) is 3.48. The molecule has 2 rings (SSSR count). The van der Waals surface area contributed by atoms with Gasteiger partial charge in [-0.3, -0.25) is 4.90 Å². The molecule has 0 N–H and O–H groups in total. The Hall–Kier alpha value is -2.14. The fraction of sp³-hybridized carbons (Fsp3) is 0.333. The number of aryl methyl sites for hydroxylation is 1. The molecule has 0 saturated heterocycles. The molecule has 23 heavy (non-hydrogen) atoms. The Morgan fingerprint density at radius 3 is 2.57 bits per heavy atom. The highest BCUT2D eigenvalue weighted by Crippen LogP contribution is 2.18. The smallest absolute Gasteiger partial charge is 0.270 e. The van der Waals surface area contributed by atoms with Crippen molar-refractivity contribution in [2.24, 2.45) is 0 Å². The normalized spacial score (nSPS) is 10.2. The molecule has 122 valence electrons. The van der Waals surface area contributed by atoms with Crippen molar-refractivity contribution in [3.05, 3.63) is 48.0 Å². The number of ether oxygens (including phenoxy) is 2. The van der Waals surface area contributed by atoms with Gasteiger partial charge in [0.1, 0.15) is 11.6 Å². The Bertz CT molecular complexity index is 644. The van der Waals surface area contributed by atoms with Crippen LogP contribution in [0, 0.1) is 0 Å². The van der Waals surface area contributed by atoms with E-state index >= 15 is 0 Å². The summed E-state index contributed by atoms with van der Waals surface area (Å²) in [4.78, 5) is 6.05. The van der Waals surface area contributed by atoms with Gasteiger partial charge < -0.3 is 9.47 Å². The maximum absolute atomic E-state index is 5.74. The van der Waals surface area contributed by atoms with Crippen LogP contribution in [0.15, 0.2) is 42.5 Å². The molecule has 0 bridgehead atoms. The maximum atomic E-state index is 5.74. The van der Waals surface area contributed by atoms with E-state index in [4.69, 9.17) is 21.7 Å². The summed E-state index contributed by atoms with van der Waals surface area (Å²) in [6.45, 7) is 2.19. The summed E-state index contributed by atoms with van der Waals surface area (Å²) < 4.78 is 10.9. The van der Waals surface area contributed by atoms with Gasteiger partial charge in [0, 0.05) is 13.1 Å². The van der Waals surface area contributed by atoms with Crippen LogP contribution in [0.4, 0.5) is 5.82 Å². The summed E-state index contributed by atoms with van der Waals surface area (Å²) in [5, 5.41) is 0.340. The zero-order valence-electron chi connectivity index (χ0n) is 13.8. The molecular weight excluding hydrogens is 308 g/mol. The fourth-order valence-corrected chi connectivity index (χ4v) is 2.26. The van der Waals surface area contributed by atoms with Crippen molar-refractivity contribution < 1.29 is 9.47 Å². The lowest BCUT2D eigenvalue weighted by Crippen LogP contribution is -2.29. The first-order valence-corrected chi connectivity index (χ1v) is 8.10. The van der Waals surface area contributed by atoms with Crippen LogP contribution in [0.5, 0.6) is 11.6 Å². The zero-order valence-corrected chi connectivity index (χ0v) is 14.6. The second-order valence-electron chi connectivity index (χ2n) is 5.21. The molecule has 0 aliphatic heterocycles. The molecule has 0 fully saturated rings. The van der Waals surface area contributed by atoms with Crippen LogP contribution in [0.3, 0.4) is 0 Å². The van der Waals surface area contributed by atoms with Crippen molar-refractivity contribution in [1.29, 1.82) is 0 Å². The van der Waals surface area contributed by atoms with Crippen LogP contribution < -0.4 is 14.4 Å². The summed E-state index contributed by atoms with van der Waals surface area (Å²) in [5.74, 6) is 1.94. The first kappa shape index (κ1) is 17.2. The average molecular weight is 330 g/mol. The third kappa shape index (κ3) is 4.93. The minimum atomic E-state index is 0.340. The van der Waals surface area contributed by atoms with Gasteiger partial charge in [-0.1, -0.05) is 31.5 Å². The highest BCUT2D eigenvalue weighted by Gasteiger charge is 2.11. The van der Waals surface area contributed by atoms with Crippen molar-refractivity contribution >= 4 is 23.2 Å². The Morgan fingerprint density at radius 2 is 1.91 bits per heavy atom. The highest BCUT2D eigenvalue weighted by molar-refractivity contribution is 7.80. The Kier molecular flexibility index (Phi) is 6.35. The lowest BCUT2D eigenvalue weighted by molar-refractivity contribution is 0.398. The molecule has 4 nitrogen and oxygen atoms in total. The summed E-state index contributed by atoms with van der Waals surface area (Å²) in [5.41, 5.74) is 1.31. The number of aromatic nitrogens is 1. The third-order valence-electron chi connectivity index (χ3n) is 3.48. The molecule has 0 aliphatic carbocycles. The number of thiocarbonyl (C=S) groups is 1. The van der Waals surface area contributed by atoms with E-state index in [2.05, 4.69) is 24.0 Å². The Labute approximate surface area is 143 Å². The highest BCUT2D eigenvalue weighted by atomic mass is 32.1. The number of hydrogen-bond donors (Lipinski definition) is 0. The third-order valence-corrected chi connectivity index (χ3v) is 3.84. The zero-order chi connectivity index (χ0) is 16.7. The number of benzene rings is 1. The van der Waals surface area contributed by atoms with Crippen molar-refractivity contribution in [3.8, 4) is 11.6 Å². The number of methoxy groups -OCH3 is 1. The molecule has 1 aromatic carbocycles. The monoisotopic (exact) mass is 330 g/mol. The molecule has 1 heterocycles. The Morgan fingerprint density at radius 1 is 1.17 bits per heavy atom. The van der Waals surface area contributed by atoms with Crippen LogP contribution >= 0.6 is 12.2 Å². The molecule has 0 spiro atoms. The van der Waals surface area contributed by atoms with Gasteiger partial charge in [-0.2, -0.15) is 4.98 Å². The molecule has 0 unspecified atom stereocenters. The van der Waals surface area contributed by atoms with Gasteiger partial charge >= 0.3 is 0 Å². The molecule has 1 aromatic heterocycles. The first-order chi connectivity index (χ1) is 11.1. The number of unbranched alkanes of at least 4 members (excludes halogenated alkanes) is 1. The van der Waals surface area contributed by atoms with E-state index < -0.39 is 0 Å². The number of nitrogens with zero attached hydrogens (tertiary/aromatic N) is 2. The number of anilines is 1. The van der Waals surface area contributed by atoms with Gasteiger partial charge in [0.2, 0.25) is 5.88 Å². The van der Waals surface area contributed by atoms with E-state index in [0.717, 1.165) is 12.2 Å². The molecule has 0 atom stereocenters. The minimum absolute atomic E-state index is 0.340. The predicted molar refractivity (Wildman–Crippen MR) is 97.5 cm³/mol. The van der Waals surface area contributed by atoms with Crippen molar-refractivity contribution in [2.75, 3.05) is 19.1 Å². The fourth-order valence-electron chi connectivity index (χ4n) is 2.07. The van der Waals surface area contributed by atoms with Crippen molar-refractivity contribution in [3.63, 3.8) is 0 Å². The van der Waals surface area contributed by atoms with Crippen LogP contribution in [0.1, 0.15) is 25.3 Å². The maximum Gasteiger partial charge on any atom is 0.270 e. The number of rotatable bonds is 6. The van der Waals surface area contributed by atoms with Crippen LogP contribution in [-0.4, -0.2) is 24.3 Å². The standard InChI is InChI=1S/C18H22N2O2S/c1-4-5-7-14-10-12-15(13-11-14)22-18(23)20(2)16-8-6-9-17(19-16)21-3/h6,8-13H,4-5,7H2,1-3H3. The molecule has 0 amide bonds. The summed E-state index contributed by atoms with van der Waals surface area (Å²) in [6, 6.07) is 13.6. The second kappa shape index (κ2) is 8.48. The largest absolute Gasteiger partial charge is 0.481 e. The second-order valence-corrected chi connectivity index (χ2v) is 5.56. The van der Waals surface area contributed by atoms with Gasteiger partial charge in [-0.25, -0.2) is 0 Å². The molecule has 0 aliphatic rings. The van der Waals surface area contributed by atoms with E-state index in [-0.39, 0.29) is 0 Å². The van der Waals surface area contributed by atoms with Gasteiger partial charge in [0.15, 0.2) is 0 Å². The number of pyridine rings is 1. The summed E-state index contributed by atoms with van der Waals surface area (Å²) in [7, 11) is 3.40. The van der Waals surface area contributed by atoms with E-state index in [9.17, 15) is 0 Å². The van der Waals surface area contributed by atoms with E-state index in [0.29, 0.717) is 16.9 Å². The van der Waals surface area contributed by atoms with Crippen molar-refractivity contribution in [1.82, 2.24) is 4.98 Å². The van der Waals surface area contributed by atoms with Gasteiger partial charge in [0.05, 0.1) is 7.11 Å². The van der Waals surface area contributed by atoms with Gasteiger partial charge in [-0.15, -0.1) is 0 Å².